The minimum atomic E-state index is -5.08. The molecule has 3 rings (SSSR count). The molecule has 0 aliphatic carbocycles. The predicted molar refractivity (Wildman–Crippen MR) is 97.4 cm³/mol. The summed E-state index contributed by atoms with van der Waals surface area (Å²) in [5.74, 6) is -2.03. The molecule has 11 heteroatoms. The fourth-order valence-corrected chi connectivity index (χ4v) is 4.02. The minimum Gasteiger partial charge on any atom is -0.475 e. The third-order valence-corrected chi connectivity index (χ3v) is 5.39. The van der Waals surface area contributed by atoms with Crippen molar-refractivity contribution in [2.24, 2.45) is 11.8 Å². The zero-order valence-corrected chi connectivity index (χ0v) is 16.4. The highest BCUT2D eigenvalue weighted by Gasteiger charge is 2.38. The Hall–Kier alpha value is -1.59. The van der Waals surface area contributed by atoms with Crippen LogP contribution in [0.2, 0.25) is 0 Å². The summed E-state index contributed by atoms with van der Waals surface area (Å²) in [6, 6.07) is 0.132. The molecule has 0 aromatic heterocycles. The summed E-state index contributed by atoms with van der Waals surface area (Å²) < 4.78 is 37.1. The van der Waals surface area contributed by atoms with Gasteiger partial charge in [-0.15, -0.1) is 0 Å². The predicted octanol–water partition coefficient (Wildman–Crippen LogP) is 1.10. The number of piperidine rings is 1. The number of rotatable bonds is 3. The van der Waals surface area contributed by atoms with E-state index in [4.69, 9.17) is 14.6 Å². The first-order valence-electron chi connectivity index (χ1n) is 9.95. The van der Waals surface area contributed by atoms with Gasteiger partial charge < -0.3 is 29.6 Å². The largest absolute Gasteiger partial charge is 0.490 e. The topological polar surface area (TPSA) is 93.5 Å². The molecule has 2 atom stereocenters. The summed E-state index contributed by atoms with van der Waals surface area (Å²) in [6.45, 7) is 7.83. The van der Waals surface area contributed by atoms with Crippen molar-refractivity contribution < 1.29 is 37.7 Å². The van der Waals surface area contributed by atoms with Crippen molar-refractivity contribution in [1.82, 2.24) is 14.7 Å². The smallest absolute Gasteiger partial charge is 0.475 e. The molecule has 0 aromatic carbocycles. The number of urea groups is 1. The quantitative estimate of drug-likeness (QED) is 0.704. The fraction of sp³-hybridized carbons (Fsp3) is 0.889. The number of hydrogen-bond acceptors (Lipinski definition) is 5. The summed E-state index contributed by atoms with van der Waals surface area (Å²) in [5.41, 5.74) is 0. The second-order valence-electron chi connectivity index (χ2n) is 7.75. The summed E-state index contributed by atoms with van der Waals surface area (Å²) >= 11 is 0. The number of carbonyl (C=O) groups is 2. The molecule has 2 amide bonds. The van der Waals surface area contributed by atoms with Crippen LogP contribution in [0.4, 0.5) is 18.0 Å². The first-order chi connectivity index (χ1) is 13.7. The molecule has 0 radical (unpaired) electrons. The van der Waals surface area contributed by atoms with Gasteiger partial charge in [0.15, 0.2) is 0 Å². The van der Waals surface area contributed by atoms with Crippen LogP contribution >= 0.6 is 0 Å². The Morgan fingerprint density at radius 2 is 1.52 bits per heavy atom. The van der Waals surface area contributed by atoms with Gasteiger partial charge in [-0.05, 0) is 38.3 Å². The summed E-state index contributed by atoms with van der Waals surface area (Å²) in [4.78, 5) is 28.0. The average molecular weight is 425 g/mol. The molecule has 3 fully saturated rings. The number of carbonyl (C=O) groups excluding carboxylic acids is 1. The SMILES string of the molecule is O=C(N1CCOCC1)N1C[C@@H](CN2CCCC2)C[C@H](CO)C1.O=C(O)C(F)(F)F. The van der Waals surface area contributed by atoms with E-state index in [2.05, 4.69) is 4.90 Å². The van der Waals surface area contributed by atoms with Gasteiger partial charge in [0, 0.05) is 45.2 Å². The Labute approximate surface area is 168 Å². The number of carboxylic acid groups (broad SMARTS) is 1. The highest BCUT2D eigenvalue weighted by atomic mass is 19.4. The third-order valence-electron chi connectivity index (χ3n) is 5.39. The molecule has 0 spiro atoms. The van der Waals surface area contributed by atoms with Crippen LogP contribution in [0.15, 0.2) is 0 Å². The number of aliphatic carboxylic acids is 1. The Kier molecular flexibility index (Phi) is 8.97. The number of morpholine rings is 1. The number of aliphatic hydroxyl groups excluding tert-OH is 1. The third kappa shape index (κ3) is 7.63. The van der Waals surface area contributed by atoms with E-state index in [1.54, 1.807) is 0 Å². The van der Waals surface area contributed by atoms with E-state index >= 15 is 0 Å². The van der Waals surface area contributed by atoms with Gasteiger partial charge in [0.2, 0.25) is 0 Å². The molecule has 168 valence electrons. The maximum absolute atomic E-state index is 12.7. The maximum atomic E-state index is 12.7. The Morgan fingerprint density at radius 1 is 0.966 bits per heavy atom. The number of aliphatic hydroxyl groups is 1. The Balaban J connectivity index is 0.000000370. The number of ether oxygens (including phenoxy) is 1. The maximum Gasteiger partial charge on any atom is 0.490 e. The Bertz CT molecular complexity index is 537. The molecular weight excluding hydrogens is 395 g/mol. The van der Waals surface area contributed by atoms with E-state index in [9.17, 15) is 23.1 Å². The lowest BCUT2D eigenvalue weighted by molar-refractivity contribution is -0.192. The van der Waals surface area contributed by atoms with Crippen molar-refractivity contribution >= 4 is 12.0 Å². The number of carboxylic acids is 1. The summed E-state index contributed by atoms with van der Waals surface area (Å²) in [7, 11) is 0. The van der Waals surface area contributed by atoms with E-state index in [1.165, 1.54) is 25.9 Å². The lowest BCUT2D eigenvalue weighted by atomic mass is 9.89. The van der Waals surface area contributed by atoms with Gasteiger partial charge in [-0.1, -0.05) is 0 Å². The van der Waals surface area contributed by atoms with E-state index in [0.29, 0.717) is 38.8 Å². The van der Waals surface area contributed by atoms with Crippen LogP contribution < -0.4 is 0 Å². The van der Waals surface area contributed by atoms with Crippen molar-refractivity contribution in [2.45, 2.75) is 25.4 Å². The van der Waals surface area contributed by atoms with Gasteiger partial charge in [0.05, 0.1) is 13.2 Å². The minimum absolute atomic E-state index is 0.132. The normalized spacial score (nSPS) is 26.1. The first kappa shape index (κ1) is 23.7. The zero-order valence-electron chi connectivity index (χ0n) is 16.4. The molecule has 3 aliphatic heterocycles. The molecule has 3 aliphatic rings. The molecule has 0 unspecified atom stereocenters. The van der Waals surface area contributed by atoms with E-state index in [0.717, 1.165) is 19.5 Å². The molecule has 2 N–H and O–H groups in total. The van der Waals surface area contributed by atoms with Crippen molar-refractivity contribution in [3.8, 4) is 0 Å². The lowest BCUT2D eigenvalue weighted by Crippen LogP contribution is -2.54. The van der Waals surface area contributed by atoms with Gasteiger partial charge >= 0.3 is 18.2 Å². The highest BCUT2D eigenvalue weighted by molar-refractivity contribution is 5.74. The van der Waals surface area contributed by atoms with E-state index < -0.39 is 12.1 Å². The van der Waals surface area contributed by atoms with Crippen LogP contribution in [0.5, 0.6) is 0 Å². The van der Waals surface area contributed by atoms with Crippen molar-refractivity contribution in [2.75, 3.05) is 65.6 Å². The number of hydrogen-bond donors (Lipinski definition) is 2. The van der Waals surface area contributed by atoms with Crippen LogP contribution in [0.25, 0.3) is 0 Å². The number of alkyl halides is 3. The molecule has 0 saturated carbocycles. The van der Waals surface area contributed by atoms with Crippen LogP contribution in [-0.4, -0.2) is 109 Å². The van der Waals surface area contributed by atoms with Gasteiger partial charge in [-0.3, -0.25) is 0 Å². The number of nitrogens with zero attached hydrogens (tertiary/aromatic N) is 3. The second-order valence-corrected chi connectivity index (χ2v) is 7.75. The zero-order chi connectivity index (χ0) is 21.4. The van der Waals surface area contributed by atoms with Crippen LogP contribution in [0.1, 0.15) is 19.3 Å². The molecule has 3 saturated heterocycles. The number of amides is 2. The number of likely N-dealkylation sites (tertiary alicyclic amines) is 2. The van der Waals surface area contributed by atoms with Crippen LogP contribution in [0.3, 0.4) is 0 Å². The lowest BCUT2D eigenvalue weighted by Gasteiger charge is -2.41. The molecule has 0 bridgehead atoms. The van der Waals surface area contributed by atoms with E-state index in [1.807, 2.05) is 9.80 Å². The van der Waals surface area contributed by atoms with Gasteiger partial charge in [-0.2, -0.15) is 13.2 Å². The van der Waals surface area contributed by atoms with Gasteiger partial charge in [-0.25, -0.2) is 9.59 Å². The average Bonchev–Trinajstić information content (AvgIpc) is 3.20. The molecule has 3 heterocycles. The molecule has 0 aromatic rings. The Morgan fingerprint density at radius 3 is 2.03 bits per heavy atom. The second kappa shape index (κ2) is 11.0. The van der Waals surface area contributed by atoms with Crippen molar-refractivity contribution in [3.05, 3.63) is 0 Å². The molecule has 29 heavy (non-hydrogen) atoms. The van der Waals surface area contributed by atoms with Crippen molar-refractivity contribution in [1.29, 1.82) is 0 Å². The summed E-state index contributed by atoms with van der Waals surface area (Å²) in [6.07, 6.45) is -1.45. The van der Waals surface area contributed by atoms with Crippen LogP contribution in [-0.2, 0) is 9.53 Å². The molecule has 8 nitrogen and oxygen atoms in total. The van der Waals surface area contributed by atoms with E-state index in [-0.39, 0.29) is 18.6 Å². The number of halogens is 3. The fourth-order valence-electron chi connectivity index (χ4n) is 4.02. The standard InChI is InChI=1S/C16H29N3O3.C2HF3O2/c20-13-15-9-14(10-17-3-1-2-4-17)11-19(12-15)16(21)18-5-7-22-8-6-18;3-2(4,5)1(6)7/h14-15,20H,1-13H2;(H,6,7)/t14-,15+;/m1./s1. The first-order valence-corrected chi connectivity index (χ1v) is 9.95. The van der Waals surface area contributed by atoms with Gasteiger partial charge in [0.1, 0.15) is 0 Å². The summed E-state index contributed by atoms with van der Waals surface area (Å²) in [5, 5.41) is 16.7. The molecular formula is C18H30F3N3O5. The monoisotopic (exact) mass is 425 g/mol. The highest BCUT2D eigenvalue weighted by Crippen LogP contribution is 2.25. The van der Waals surface area contributed by atoms with Crippen LogP contribution in [0, 0.1) is 11.8 Å². The van der Waals surface area contributed by atoms with Gasteiger partial charge in [0.25, 0.3) is 0 Å². The van der Waals surface area contributed by atoms with Crippen molar-refractivity contribution in [3.63, 3.8) is 0 Å².